The van der Waals surface area contributed by atoms with Crippen LogP contribution in [-0.4, -0.2) is 60.1 Å². The summed E-state index contributed by atoms with van der Waals surface area (Å²) in [5.41, 5.74) is 3.29. The van der Waals surface area contributed by atoms with Crippen molar-refractivity contribution in [3.05, 3.63) is 52.7 Å². The fraction of sp³-hybridized carbons (Fsp3) is 0.414. The molecule has 38 heavy (non-hydrogen) atoms. The molecule has 0 saturated heterocycles. The molecule has 0 fully saturated rings. The van der Waals surface area contributed by atoms with Crippen LogP contribution in [0.5, 0.6) is 28.7 Å². The van der Waals surface area contributed by atoms with Crippen molar-refractivity contribution in [2.24, 2.45) is 10.9 Å². The number of Topliss-reactive ketones (excluding diaryl/α,β-unsaturated/α-hetero) is 1. The number of nitrogens with zero attached hydrogens (tertiary/aromatic N) is 1. The maximum absolute atomic E-state index is 13.9. The van der Waals surface area contributed by atoms with E-state index in [1.165, 1.54) is 28.4 Å². The number of aliphatic imine (C=N–C) groups is 1. The second-order valence-electron chi connectivity index (χ2n) is 9.18. The molecule has 3 atom stereocenters. The van der Waals surface area contributed by atoms with Crippen LogP contribution in [0.1, 0.15) is 42.7 Å². The number of esters is 1. The molecular formula is C29H33NO8. The first-order valence-corrected chi connectivity index (χ1v) is 12.2. The van der Waals surface area contributed by atoms with Crippen LogP contribution in [0, 0.1) is 5.92 Å². The number of ether oxygens (including phenoxy) is 6. The fourth-order valence-corrected chi connectivity index (χ4v) is 5.47. The van der Waals surface area contributed by atoms with Crippen molar-refractivity contribution in [3.63, 3.8) is 0 Å². The predicted octanol–water partition coefficient (Wildman–Crippen LogP) is 4.48. The first-order chi connectivity index (χ1) is 18.3. The van der Waals surface area contributed by atoms with Gasteiger partial charge in [-0.3, -0.25) is 14.6 Å². The Kier molecular flexibility index (Phi) is 7.94. The third kappa shape index (κ3) is 4.68. The third-order valence-electron chi connectivity index (χ3n) is 7.29. The SMILES string of the molecule is COC(=O)C1C(C)=NC2=C(C(=O)C[C@@H](c3ccc(OC)c(OC)c3)C2)[C@@H]1c1cc(OC)c(OC)cc1OC. The highest BCUT2D eigenvalue weighted by molar-refractivity contribution is 6.09. The Hall–Kier alpha value is -4.01. The predicted molar refractivity (Wildman–Crippen MR) is 141 cm³/mol. The van der Waals surface area contributed by atoms with Crippen LogP contribution in [0.4, 0.5) is 0 Å². The lowest BCUT2D eigenvalue weighted by Crippen LogP contribution is -2.38. The molecule has 0 bridgehead atoms. The Bertz CT molecular complexity index is 1310. The summed E-state index contributed by atoms with van der Waals surface area (Å²) in [6, 6.07) is 9.13. The van der Waals surface area contributed by atoms with Crippen molar-refractivity contribution in [3.8, 4) is 28.7 Å². The van der Waals surface area contributed by atoms with Gasteiger partial charge in [-0.05, 0) is 43.0 Å². The number of ketones is 1. The summed E-state index contributed by atoms with van der Waals surface area (Å²) in [4.78, 5) is 31.7. The monoisotopic (exact) mass is 523 g/mol. The van der Waals surface area contributed by atoms with Crippen molar-refractivity contribution in [1.82, 2.24) is 0 Å². The van der Waals surface area contributed by atoms with Crippen molar-refractivity contribution in [2.75, 3.05) is 42.7 Å². The van der Waals surface area contributed by atoms with E-state index in [0.717, 1.165) is 5.56 Å². The smallest absolute Gasteiger partial charge is 0.315 e. The average molecular weight is 524 g/mol. The van der Waals surface area contributed by atoms with E-state index >= 15 is 0 Å². The van der Waals surface area contributed by atoms with Gasteiger partial charge in [-0.2, -0.15) is 0 Å². The maximum Gasteiger partial charge on any atom is 0.315 e. The van der Waals surface area contributed by atoms with E-state index in [4.69, 9.17) is 33.4 Å². The van der Waals surface area contributed by atoms with Gasteiger partial charge in [-0.15, -0.1) is 0 Å². The Morgan fingerprint density at radius 2 is 1.39 bits per heavy atom. The molecule has 4 rings (SSSR count). The highest BCUT2D eigenvalue weighted by Gasteiger charge is 2.46. The number of allylic oxidation sites excluding steroid dienone is 2. The molecule has 0 aromatic heterocycles. The molecule has 1 aliphatic heterocycles. The van der Waals surface area contributed by atoms with E-state index in [2.05, 4.69) is 0 Å². The molecular weight excluding hydrogens is 490 g/mol. The molecule has 0 amide bonds. The quantitative estimate of drug-likeness (QED) is 0.467. The Morgan fingerprint density at radius 3 is 2.00 bits per heavy atom. The van der Waals surface area contributed by atoms with Gasteiger partial charge in [0.25, 0.3) is 0 Å². The largest absolute Gasteiger partial charge is 0.496 e. The normalized spacial score (nSPS) is 20.8. The van der Waals surface area contributed by atoms with Crippen molar-refractivity contribution >= 4 is 17.5 Å². The number of carbonyl (C=O) groups is 2. The van der Waals surface area contributed by atoms with E-state index < -0.39 is 17.8 Å². The van der Waals surface area contributed by atoms with E-state index in [9.17, 15) is 9.59 Å². The van der Waals surface area contributed by atoms with Crippen molar-refractivity contribution < 1.29 is 38.0 Å². The topological polar surface area (TPSA) is 102 Å². The number of rotatable bonds is 8. The molecule has 202 valence electrons. The number of hydrogen-bond acceptors (Lipinski definition) is 9. The van der Waals surface area contributed by atoms with Gasteiger partial charge in [0, 0.05) is 41.0 Å². The van der Waals surface area contributed by atoms with Gasteiger partial charge in [-0.1, -0.05) is 6.07 Å². The molecule has 0 radical (unpaired) electrons. The first kappa shape index (κ1) is 27.0. The zero-order valence-corrected chi connectivity index (χ0v) is 22.7. The molecule has 0 saturated carbocycles. The molecule has 2 aliphatic rings. The zero-order chi connectivity index (χ0) is 27.6. The molecule has 9 nitrogen and oxygen atoms in total. The molecule has 2 aromatic carbocycles. The fourth-order valence-electron chi connectivity index (χ4n) is 5.47. The lowest BCUT2D eigenvalue weighted by atomic mass is 9.69. The zero-order valence-electron chi connectivity index (χ0n) is 22.7. The van der Waals surface area contributed by atoms with Gasteiger partial charge in [-0.25, -0.2) is 0 Å². The molecule has 1 heterocycles. The van der Waals surface area contributed by atoms with Crippen molar-refractivity contribution in [2.45, 2.75) is 31.6 Å². The van der Waals surface area contributed by atoms with Gasteiger partial charge < -0.3 is 28.4 Å². The molecule has 1 unspecified atom stereocenters. The van der Waals surface area contributed by atoms with Gasteiger partial charge in [0.1, 0.15) is 11.7 Å². The summed E-state index contributed by atoms with van der Waals surface area (Å²) in [5, 5.41) is 0. The molecule has 1 aliphatic carbocycles. The number of benzene rings is 2. The van der Waals surface area contributed by atoms with E-state index in [0.29, 0.717) is 57.7 Å². The summed E-state index contributed by atoms with van der Waals surface area (Å²) in [6.07, 6.45) is 0.775. The summed E-state index contributed by atoms with van der Waals surface area (Å²) < 4.78 is 32.7. The van der Waals surface area contributed by atoms with Crippen molar-refractivity contribution in [1.29, 1.82) is 0 Å². The van der Waals surface area contributed by atoms with E-state index in [-0.39, 0.29) is 18.1 Å². The van der Waals surface area contributed by atoms with Gasteiger partial charge in [0.05, 0.1) is 42.7 Å². The number of methoxy groups -OCH3 is 6. The molecule has 0 N–H and O–H groups in total. The summed E-state index contributed by atoms with van der Waals surface area (Å²) in [5.74, 6) is 0.481. The van der Waals surface area contributed by atoms with Gasteiger partial charge in [0.2, 0.25) is 0 Å². The lowest BCUT2D eigenvalue weighted by Gasteiger charge is -2.37. The summed E-state index contributed by atoms with van der Waals surface area (Å²) in [6.45, 7) is 1.79. The Balaban J connectivity index is 1.87. The Morgan fingerprint density at radius 1 is 0.789 bits per heavy atom. The average Bonchev–Trinajstić information content (AvgIpc) is 2.94. The second kappa shape index (κ2) is 11.2. The minimum absolute atomic E-state index is 0.0852. The second-order valence-corrected chi connectivity index (χ2v) is 9.18. The van der Waals surface area contributed by atoms with Gasteiger partial charge >= 0.3 is 5.97 Å². The van der Waals surface area contributed by atoms with E-state index in [1.807, 2.05) is 18.2 Å². The minimum Gasteiger partial charge on any atom is -0.496 e. The standard InChI is InChI=1S/C29H33NO8/c1-15-26(29(32)38-7)27(18-13-24(36-5)25(37-6)14-22(18)34-3)28-19(30-15)10-17(11-20(28)31)16-8-9-21(33-2)23(12-16)35-4/h8-9,12-14,17,26-27H,10-11H2,1-7H3/t17-,26?,27+/m0/s1. The van der Waals surface area contributed by atoms with Gasteiger partial charge in [0.15, 0.2) is 28.8 Å². The highest BCUT2D eigenvalue weighted by Crippen LogP contribution is 2.51. The minimum atomic E-state index is -0.799. The van der Waals surface area contributed by atoms with Crippen LogP contribution in [0.15, 0.2) is 46.6 Å². The third-order valence-corrected chi connectivity index (χ3v) is 7.29. The van der Waals surface area contributed by atoms with Crippen LogP contribution in [0.3, 0.4) is 0 Å². The maximum atomic E-state index is 13.9. The van der Waals surface area contributed by atoms with Crippen LogP contribution < -0.4 is 23.7 Å². The Labute approximate surface area is 222 Å². The summed E-state index contributed by atoms with van der Waals surface area (Å²) >= 11 is 0. The lowest BCUT2D eigenvalue weighted by molar-refractivity contribution is -0.143. The summed E-state index contributed by atoms with van der Waals surface area (Å²) in [7, 11) is 9.09. The highest BCUT2D eigenvalue weighted by atomic mass is 16.5. The molecule has 9 heteroatoms. The molecule has 2 aromatic rings. The first-order valence-electron chi connectivity index (χ1n) is 12.2. The van der Waals surface area contributed by atoms with Crippen LogP contribution in [0.2, 0.25) is 0 Å². The van der Waals surface area contributed by atoms with E-state index in [1.54, 1.807) is 33.3 Å². The van der Waals surface area contributed by atoms with Crippen LogP contribution >= 0.6 is 0 Å². The number of hydrogen-bond donors (Lipinski definition) is 0. The molecule has 0 spiro atoms. The van der Waals surface area contributed by atoms with Crippen LogP contribution in [0.25, 0.3) is 0 Å². The van der Waals surface area contributed by atoms with Crippen LogP contribution in [-0.2, 0) is 14.3 Å². The number of carbonyl (C=O) groups excluding carboxylic acids is 2.